The van der Waals surface area contributed by atoms with E-state index in [4.69, 9.17) is 10.5 Å². The molecule has 0 bridgehead atoms. The Hall–Kier alpha value is -0.810. The molecule has 0 radical (unpaired) electrons. The Balaban J connectivity index is 1.73. The van der Waals surface area contributed by atoms with Crippen LogP contribution in [0.1, 0.15) is 38.5 Å². The molecule has 0 aromatic carbocycles. The Labute approximate surface area is 109 Å². The third-order valence-electron chi connectivity index (χ3n) is 4.24. The maximum absolute atomic E-state index is 11.8. The summed E-state index contributed by atoms with van der Waals surface area (Å²) < 4.78 is 5.23. The molecule has 5 heteroatoms. The topological polar surface area (TPSA) is 76.4 Å². The first-order valence-corrected chi connectivity index (χ1v) is 7.06. The van der Waals surface area contributed by atoms with Crippen molar-refractivity contribution in [2.24, 2.45) is 11.1 Å². The molecule has 1 saturated heterocycles. The Kier molecular flexibility index (Phi) is 4.83. The van der Waals surface area contributed by atoms with Crippen LogP contribution in [0.3, 0.4) is 0 Å². The number of amides is 2. The van der Waals surface area contributed by atoms with Gasteiger partial charge in [0.05, 0.1) is 12.6 Å². The van der Waals surface area contributed by atoms with Crippen LogP contribution < -0.4 is 16.4 Å². The zero-order valence-corrected chi connectivity index (χ0v) is 11.0. The summed E-state index contributed by atoms with van der Waals surface area (Å²) in [6.45, 7) is 2.75. The van der Waals surface area contributed by atoms with Crippen molar-refractivity contribution >= 4 is 6.03 Å². The van der Waals surface area contributed by atoms with Gasteiger partial charge in [-0.05, 0) is 25.8 Å². The van der Waals surface area contributed by atoms with E-state index >= 15 is 0 Å². The Morgan fingerprint density at radius 1 is 1.33 bits per heavy atom. The molecule has 0 aromatic heterocycles. The summed E-state index contributed by atoms with van der Waals surface area (Å²) in [6, 6.07) is 0.0917. The molecule has 1 unspecified atom stereocenters. The predicted molar refractivity (Wildman–Crippen MR) is 70.3 cm³/mol. The van der Waals surface area contributed by atoms with Gasteiger partial charge in [0, 0.05) is 18.6 Å². The van der Waals surface area contributed by atoms with Gasteiger partial charge >= 0.3 is 6.03 Å². The zero-order valence-electron chi connectivity index (χ0n) is 11.0. The first-order valence-electron chi connectivity index (χ1n) is 7.06. The molecule has 2 amide bonds. The maximum atomic E-state index is 11.8. The smallest absolute Gasteiger partial charge is 0.315 e. The lowest BCUT2D eigenvalue weighted by molar-refractivity contribution is 0.180. The molecular weight excluding hydrogens is 230 g/mol. The number of hydrogen-bond acceptors (Lipinski definition) is 3. The van der Waals surface area contributed by atoms with Crippen LogP contribution in [0.5, 0.6) is 0 Å². The highest BCUT2D eigenvalue weighted by atomic mass is 16.5. The molecule has 1 saturated carbocycles. The second-order valence-corrected chi connectivity index (χ2v) is 5.65. The SMILES string of the molecule is NCC1(CNC(=O)NC2CCOC2)CCCCC1. The van der Waals surface area contributed by atoms with Crippen LogP contribution in [0.4, 0.5) is 4.79 Å². The van der Waals surface area contributed by atoms with Gasteiger partial charge in [-0.2, -0.15) is 0 Å². The van der Waals surface area contributed by atoms with E-state index in [1.165, 1.54) is 19.3 Å². The maximum Gasteiger partial charge on any atom is 0.315 e. The summed E-state index contributed by atoms with van der Waals surface area (Å²) in [5.41, 5.74) is 6.02. The minimum Gasteiger partial charge on any atom is -0.379 e. The van der Waals surface area contributed by atoms with Gasteiger partial charge in [-0.15, -0.1) is 0 Å². The number of hydrogen-bond donors (Lipinski definition) is 3. The van der Waals surface area contributed by atoms with Gasteiger partial charge in [0.25, 0.3) is 0 Å². The Morgan fingerprint density at radius 2 is 2.11 bits per heavy atom. The van der Waals surface area contributed by atoms with Crippen molar-refractivity contribution in [3.63, 3.8) is 0 Å². The van der Waals surface area contributed by atoms with Crippen LogP contribution in [0.25, 0.3) is 0 Å². The molecule has 5 nitrogen and oxygen atoms in total. The molecular formula is C13H25N3O2. The molecule has 2 aliphatic rings. The number of nitrogens with one attached hydrogen (secondary N) is 2. The van der Waals surface area contributed by atoms with E-state index in [-0.39, 0.29) is 17.5 Å². The van der Waals surface area contributed by atoms with E-state index in [1.54, 1.807) is 0 Å². The van der Waals surface area contributed by atoms with Crippen molar-refractivity contribution in [1.29, 1.82) is 0 Å². The van der Waals surface area contributed by atoms with Gasteiger partial charge in [0.1, 0.15) is 0 Å². The molecule has 0 aromatic rings. The summed E-state index contributed by atoms with van der Waals surface area (Å²) >= 11 is 0. The summed E-state index contributed by atoms with van der Waals surface area (Å²) in [7, 11) is 0. The van der Waals surface area contributed by atoms with Crippen molar-refractivity contribution in [2.45, 2.75) is 44.6 Å². The Morgan fingerprint density at radius 3 is 2.72 bits per heavy atom. The molecule has 4 N–H and O–H groups in total. The molecule has 1 aliphatic heterocycles. The molecule has 0 spiro atoms. The third-order valence-corrected chi connectivity index (χ3v) is 4.24. The number of rotatable bonds is 4. The number of nitrogens with two attached hydrogens (primary N) is 1. The molecule has 104 valence electrons. The van der Waals surface area contributed by atoms with Crippen molar-refractivity contribution in [3.8, 4) is 0 Å². The monoisotopic (exact) mass is 255 g/mol. The third kappa shape index (κ3) is 3.59. The lowest BCUT2D eigenvalue weighted by Gasteiger charge is -2.36. The highest BCUT2D eigenvalue weighted by molar-refractivity contribution is 5.74. The lowest BCUT2D eigenvalue weighted by atomic mass is 9.74. The van der Waals surface area contributed by atoms with Crippen LogP contribution >= 0.6 is 0 Å². The second-order valence-electron chi connectivity index (χ2n) is 5.65. The standard InChI is InChI=1S/C13H25N3O2/c14-9-13(5-2-1-3-6-13)10-15-12(17)16-11-4-7-18-8-11/h11H,1-10,14H2,(H2,15,16,17). The molecule has 1 atom stereocenters. The van der Waals surface area contributed by atoms with Crippen LogP contribution in [-0.2, 0) is 4.74 Å². The van der Waals surface area contributed by atoms with E-state index in [2.05, 4.69) is 10.6 Å². The quantitative estimate of drug-likeness (QED) is 0.701. The zero-order chi connectivity index (χ0) is 12.8. The van der Waals surface area contributed by atoms with E-state index in [0.29, 0.717) is 19.7 Å². The molecule has 1 aliphatic carbocycles. The van der Waals surface area contributed by atoms with E-state index in [1.807, 2.05) is 0 Å². The first-order chi connectivity index (χ1) is 8.74. The fraction of sp³-hybridized carbons (Fsp3) is 0.923. The molecule has 18 heavy (non-hydrogen) atoms. The van der Waals surface area contributed by atoms with Crippen LogP contribution in [0.2, 0.25) is 0 Å². The Bertz CT molecular complexity index is 271. The minimum absolute atomic E-state index is 0.0797. The fourth-order valence-corrected chi connectivity index (χ4v) is 2.91. The van der Waals surface area contributed by atoms with Gasteiger partial charge in [-0.3, -0.25) is 0 Å². The van der Waals surface area contributed by atoms with Gasteiger partial charge in [0.2, 0.25) is 0 Å². The van der Waals surface area contributed by atoms with E-state index in [0.717, 1.165) is 25.9 Å². The average molecular weight is 255 g/mol. The summed E-state index contributed by atoms with van der Waals surface area (Å²) in [4.78, 5) is 11.8. The van der Waals surface area contributed by atoms with Gasteiger partial charge in [-0.25, -0.2) is 4.79 Å². The minimum atomic E-state index is -0.0797. The molecule has 1 heterocycles. The van der Waals surface area contributed by atoms with E-state index < -0.39 is 0 Å². The fourth-order valence-electron chi connectivity index (χ4n) is 2.91. The summed E-state index contributed by atoms with van der Waals surface area (Å²) in [5, 5.41) is 5.93. The van der Waals surface area contributed by atoms with Crippen molar-refractivity contribution in [3.05, 3.63) is 0 Å². The largest absolute Gasteiger partial charge is 0.379 e. The van der Waals surface area contributed by atoms with Crippen LogP contribution in [0.15, 0.2) is 0 Å². The van der Waals surface area contributed by atoms with Crippen LogP contribution in [-0.4, -0.2) is 38.4 Å². The van der Waals surface area contributed by atoms with Gasteiger partial charge < -0.3 is 21.1 Å². The predicted octanol–water partition coefficient (Wildman–Crippen LogP) is 0.984. The highest BCUT2D eigenvalue weighted by Gasteiger charge is 2.31. The van der Waals surface area contributed by atoms with Gasteiger partial charge in [0.15, 0.2) is 0 Å². The highest BCUT2D eigenvalue weighted by Crippen LogP contribution is 2.34. The summed E-state index contributed by atoms with van der Waals surface area (Å²) in [6.07, 6.45) is 6.95. The molecule has 2 fully saturated rings. The molecule has 2 rings (SSSR count). The number of urea groups is 1. The van der Waals surface area contributed by atoms with E-state index in [9.17, 15) is 4.79 Å². The van der Waals surface area contributed by atoms with Crippen LogP contribution in [0, 0.1) is 5.41 Å². The average Bonchev–Trinajstić information content (AvgIpc) is 2.90. The normalized spacial score (nSPS) is 26.8. The number of carbonyl (C=O) groups is 1. The van der Waals surface area contributed by atoms with Crippen molar-refractivity contribution < 1.29 is 9.53 Å². The van der Waals surface area contributed by atoms with Crippen molar-refractivity contribution in [2.75, 3.05) is 26.3 Å². The van der Waals surface area contributed by atoms with Crippen molar-refractivity contribution in [1.82, 2.24) is 10.6 Å². The second kappa shape index (κ2) is 6.38. The number of ether oxygens (including phenoxy) is 1. The van der Waals surface area contributed by atoms with Gasteiger partial charge in [-0.1, -0.05) is 19.3 Å². The lowest BCUT2D eigenvalue weighted by Crippen LogP contribution is -2.49. The number of carbonyl (C=O) groups excluding carboxylic acids is 1. The first kappa shape index (κ1) is 13.6. The summed E-state index contributed by atoms with van der Waals surface area (Å²) in [5.74, 6) is 0.